The molecule has 102 valence electrons. The molecule has 0 heterocycles. The summed E-state index contributed by atoms with van der Waals surface area (Å²) in [5, 5.41) is 4.24. The summed E-state index contributed by atoms with van der Waals surface area (Å²) in [5.74, 6) is 0. The maximum atomic E-state index is 6.35. The fourth-order valence-electron chi connectivity index (χ4n) is 1.81. The van der Waals surface area contributed by atoms with Crippen LogP contribution in [-0.4, -0.2) is 19.6 Å². The number of unbranched alkanes of at least 4 members (excludes halogenated alkanes) is 1. The molecule has 0 radical (unpaired) electrons. The van der Waals surface area contributed by atoms with Gasteiger partial charge in [0.1, 0.15) is 0 Å². The van der Waals surface area contributed by atoms with Crippen molar-refractivity contribution in [2.45, 2.75) is 46.2 Å². The number of nitrogens with one attached hydrogen (secondary N) is 1. The van der Waals surface area contributed by atoms with Crippen LogP contribution in [-0.2, 0) is 6.54 Å². The van der Waals surface area contributed by atoms with Crippen LogP contribution in [0, 0.1) is 0 Å². The molecule has 0 bridgehead atoms. The van der Waals surface area contributed by atoms with Gasteiger partial charge in [0, 0.05) is 26.2 Å². The van der Waals surface area contributed by atoms with Crippen molar-refractivity contribution in [1.82, 2.24) is 5.32 Å². The molecule has 0 spiro atoms. The van der Waals surface area contributed by atoms with Crippen LogP contribution in [0.25, 0.3) is 0 Å². The maximum Gasteiger partial charge on any atom is 0.0642 e. The highest BCUT2D eigenvalue weighted by molar-refractivity contribution is 6.33. The molecule has 1 aromatic rings. The number of hydrogen-bond acceptors (Lipinski definition) is 2. The van der Waals surface area contributed by atoms with Gasteiger partial charge in [-0.3, -0.25) is 0 Å². The van der Waals surface area contributed by atoms with E-state index in [0.29, 0.717) is 6.04 Å². The van der Waals surface area contributed by atoms with Crippen molar-refractivity contribution >= 4 is 17.3 Å². The first kappa shape index (κ1) is 15.3. The lowest BCUT2D eigenvalue weighted by Gasteiger charge is -2.21. The first-order valence-corrected chi connectivity index (χ1v) is 7.15. The molecule has 0 amide bonds. The summed E-state index contributed by atoms with van der Waals surface area (Å²) >= 11 is 6.35. The van der Waals surface area contributed by atoms with E-state index in [4.69, 9.17) is 11.6 Å². The highest BCUT2D eigenvalue weighted by Crippen LogP contribution is 2.26. The quantitative estimate of drug-likeness (QED) is 0.802. The van der Waals surface area contributed by atoms with Gasteiger partial charge in [-0.05, 0) is 24.1 Å². The van der Waals surface area contributed by atoms with E-state index in [1.807, 2.05) is 0 Å². The molecule has 0 aromatic heterocycles. The SMILES string of the molecule is CCCCN(C)c1ccc(CNC(C)C)cc1Cl. The molecule has 0 saturated heterocycles. The van der Waals surface area contributed by atoms with Gasteiger partial charge in [-0.25, -0.2) is 0 Å². The predicted molar refractivity (Wildman–Crippen MR) is 81.6 cm³/mol. The van der Waals surface area contributed by atoms with Crippen LogP contribution in [0.2, 0.25) is 5.02 Å². The van der Waals surface area contributed by atoms with Crippen LogP contribution in [0.3, 0.4) is 0 Å². The van der Waals surface area contributed by atoms with Gasteiger partial charge in [0.25, 0.3) is 0 Å². The molecule has 1 rings (SSSR count). The molecule has 2 nitrogen and oxygen atoms in total. The molecule has 0 fully saturated rings. The lowest BCUT2D eigenvalue weighted by Crippen LogP contribution is -2.22. The summed E-state index contributed by atoms with van der Waals surface area (Å²) in [5.41, 5.74) is 2.36. The lowest BCUT2D eigenvalue weighted by atomic mass is 10.2. The summed E-state index contributed by atoms with van der Waals surface area (Å²) < 4.78 is 0. The van der Waals surface area contributed by atoms with Gasteiger partial charge in [-0.15, -0.1) is 0 Å². The third kappa shape index (κ3) is 4.87. The zero-order valence-electron chi connectivity index (χ0n) is 12.0. The van der Waals surface area contributed by atoms with Crippen LogP contribution in [0.1, 0.15) is 39.2 Å². The lowest BCUT2D eigenvalue weighted by molar-refractivity contribution is 0.589. The molecule has 0 saturated carbocycles. The van der Waals surface area contributed by atoms with Crippen molar-refractivity contribution in [1.29, 1.82) is 0 Å². The van der Waals surface area contributed by atoms with E-state index in [1.54, 1.807) is 0 Å². The molecule has 0 aliphatic carbocycles. The summed E-state index contributed by atoms with van der Waals surface area (Å²) in [7, 11) is 2.10. The Morgan fingerprint density at radius 3 is 2.61 bits per heavy atom. The summed E-state index contributed by atoms with van der Waals surface area (Å²) in [6.45, 7) is 8.43. The Balaban J connectivity index is 2.66. The van der Waals surface area contributed by atoms with E-state index in [1.165, 1.54) is 18.4 Å². The van der Waals surface area contributed by atoms with Gasteiger partial charge in [0.05, 0.1) is 10.7 Å². The molecule has 0 unspecified atom stereocenters. The minimum atomic E-state index is 0.496. The molecule has 1 aromatic carbocycles. The van der Waals surface area contributed by atoms with Crippen LogP contribution < -0.4 is 10.2 Å². The van der Waals surface area contributed by atoms with Gasteiger partial charge in [0.2, 0.25) is 0 Å². The average molecular weight is 269 g/mol. The molecule has 0 atom stereocenters. The van der Waals surface area contributed by atoms with Crippen molar-refractivity contribution < 1.29 is 0 Å². The fourth-order valence-corrected chi connectivity index (χ4v) is 2.16. The average Bonchev–Trinajstić information content (AvgIpc) is 2.33. The largest absolute Gasteiger partial charge is 0.373 e. The Hall–Kier alpha value is -0.730. The number of halogens is 1. The zero-order valence-corrected chi connectivity index (χ0v) is 12.7. The monoisotopic (exact) mass is 268 g/mol. The van der Waals surface area contributed by atoms with Crippen molar-refractivity contribution in [3.63, 3.8) is 0 Å². The molecule has 0 aliphatic heterocycles. The number of rotatable bonds is 7. The van der Waals surface area contributed by atoms with Crippen LogP contribution in [0.4, 0.5) is 5.69 Å². The predicted octanol–water partition coefficient (Wildman–Crippen LogP) is 4.07. The number of hydrogen-bond donors (Lipinski definition) is 1. The second kappa shape index (κ2) is 7.65. The van der Waals surface area contributed by atoms with Gasteiger partial charge < -0.3 is 10.2 Å². The Labute approximate surface area is 116 Å². The first-order chi connectivity index (χ1) is 8.54. The first-order valence-electron chi connectivity index (χ1n) is 6.77. The van der Waals surface area contributed by atoms with Gasteiger partial charge in [-0.1, -0.05) is 44.9 Å². The third-order valence-corrected chi connectivity index (χ3v) is 3.29. The maximum absolute atomic E-state index is 6.35. The van der Waals surface area contributed by atoms with Crippen LogP contribution in [0.15, 0.2) is 18.2 Å². The highest BCUT2D eigenvalue weighted by atomic mass is 35.5. The molecular formula is C15H25ClN2. The summed E-state index contributed by atoms with van der Waals surface area (Å²) in [6.07, 6.45) is 2.40. The van der Waals surface area contributed by atoms with Crippen LogP contribution in [0.5, 0.6) is 0 Å². The molecule has 1 N–H and O–H groups in total. The Morgan fingerprint density at radius 2 is 2.06 bits per heavy atom. The molecular weight excluding hydrogens is 244 g/mol. The van der Waals surface area contributed by atoms with E-state index >= 15 is 0 Å². The van der Waals surface area contributed by atoms with Gasteiger partial charge in [-0.2, -0.15) is 0 Å². The Kier molecular flexibility index (Phi) is 6.51. The smallest absolute Gasteiger partial charge is 0.0642 e. The summed E-state index contributed by atoms with van der Waals surface area (Å²) in [6, 6.07) is 6.83. The van der Waals surface area contributed by atoms with Gasteiger partial charge in [0.15, 0.2) is 0 Å². The standard InChI is InChI=1S/C15H25ClN2/c1-5-6-9-18(4)15-8-7-13(10-14(15)16)11-17-12(2)3/h7-8,10,12,17H,5-6,9,11H2,1-4H3. The van der Waals surface area contributed by atoms with E-state index in [9.17, 15) is 0 Å². The summed E-state index contributed by atoms with van der Waals surface area (Å²) in [4.78, 5) is 2.23. The normalized spacial score (nSPS) is 11.0. The van der Waals surface area contributed by atoms with E-state index < -0.39 is 0 Å². The molecule has 18 heavy (non-hydrogen) atoms. The van der Waals surface area contributed by atoms with E-state index in [2.05, 4.69) is 56.2 Å². The Bertz CT molecular complexity index is 364. The van der Waals surface area contributed by atoms with Crippen molar-refractivity contribution in [3.05, 3.63) is 28.8 Å². The van der Waals surface area contributed by atoms with Crippen LogP contribution >= 0.6 is 11.6 Å². The second-order valence-corrected chi connectivity index (χ2v) is 5.50. The number of anilines is 1. The fraction of sp³-hybridized carbons (Fsp3) is 0.600. The van der Waals surface area contributed by atoms with E-state index in [-0.39, 0.29) is 0 Å². The number of benzene rings is 1. The zero-order chi connectivity index (χ0) is 13.5. The third-order valence-electron chi connectivity index (χ3n) is 2.98. The minimum absolute atomic E-state index is 0.496. The second-order valence-electron chi connectivity index (χ2n) is 5.10. The number of nitrogens with zero attached hydrogens (tertiary/aromatic N) is 1. The molecule has 3 heteroatoms. The van der Waals surface area contributed by atoms with Crippen molar-refractivity contribution in [2.24, 2.45) is 0 Å². The van der Waals surface area contributed by atoms with Crippen molar-refractivity contribution in [2.75, 3.05) is 18.5 Å². The van der Waals surface area contributed by atoms with Gasteiger partial charge >= 0.3 is 0 Å². The van der Waals surface area contributed by atoms with E-state index in [0.717, 1.165) is 23.8 Å². The molecule has 0 aliphatic rings. The Morgan fingerprint density at radius 1 is 1.33 bits per heavy atom. The highest BCUT2D eigenvalue weighted by Gasteiger charge is 2.06. The minimum Gasteiger partial charge on any atom is -0.373 e. The van der Waals surface area contributed by atoms with Crippen molar-refractivity contribution in [3.8, 4) is 0 Å². The topological polar surface area (TPSA) is 15.3 Å².